The van der Waals surface area contributed by atoms with E-state index in [2.05, 4.69) is 13.0 Å². The Balaban J connectivity index is 2.32. The fraction of sp³-hybridized carbons (Fsp3) is 0.769. The molecule has 1 aliphatic rings. The van der Waals surface area contributed by atoms with Crippen LogP contribution in [-0.4, -0.2) is 19.0 Å². The highest BCUT2D eigenvalue weighted by molar-refractivity contribution is 5.98. The third-order valence-electron chi connectivity index (χ3n) is 3.01. The lowest BCUT2D eigenvalue weighted by molar-refractivity contribution is -0.114. The van der Waals surface area contributed by atoms with Crippen LogP contribution in [-0.2, 0) is 9.53 Å². The lowest BCUT2D eigenvalue weighted by Gasteiger charge is -2.07. The number of hydrogen-bond donors (Lipinski definition) is 0. The molecule has 1 fully saturated rings. The van der Waals surface area contributed by atoms with E-state index in [1.807, 2.05) is 0 Å². The van der Waals surface area contributed by atoms with Crippen LogP contribution in [0, 0.1) is 0 Å². The van der Waals surface area contributed by atoms with Crippen molar-refractivity contribution in [3.05, 3.63) is 11.6 Å². The van der Waals surface area contributed by atoms with Crippen LogP contribution in [0.4, 0.5) is 0 Å². The van der Waals surface area contributed by atoms with Crippen molar-refractivity contribution in [2.75, 3.05) is 7.11 Å². The Bertz CT molecular complexity index is 231. The van der Waals surface area contributed by atoms with Crippen LogP contribution in [0.15, 0.2) is 11.6 Å². The number of methoxy groups -OCH3 is 1. The first-order chi connectivity index (χ1) is 7.29. The van der Waals surface area contributed by atoms with Gasteiger partial charge in [0.05, 0.1) is 6.10 Å². The molecule has 1 atom stereocenters. The molecule has 0 heterocycles. The van der Waals surface area contributed by atoms with Crippen molar-refractivity contribution in [1.29, 1.82) is 0 Å². The summed E-state index contributed by atoms with van der Waals surface area (Å²) in [4.78, 5) is 11.5. The molecule has 0 radical (unpaired) electrons. The standard InChI is InChI=1S/C13H22O2/c1-3-4-5-6-7-8-11-12(14)9-10-13(11)15-2/h8,13H,3-7,9-10H2,1-2H3. The van der Waals surface area contributed by atoms with Crippen molar-refractivity contribution in [3.8, 4) is 0 Å². The SMILES string of the molecule is CCCCCCC=C1C(=O)CCC1OC. The van der Waals surface area contributed by atoms with Crippen LogP contribution >= 0.6 is 0 Å². The Morgan fingerprint density at radius 1 is 1.40 bits per heavy atom. The van der Waals surface area contributed by atoms with E-state index in [0.717, 1.165) is 18.4 Å². The number of rotatable bonds is 6. The lowest BCUT2D eigenvalue weighted by atomic mass is 10.1. The molecule has 0 bridgehead atoms. The Kier molecular flexibility index (Phi) is 5.62. The molecule has 1 aliphatic carbocycles. The van der Waals surface area contributed by atoms with E-state index in [9.17, 15) is 4.79 Å². The minimum Gasteiger partial charge on any atom is -0.377 e. The summed E-state index contributed by atoms with van der Waals surface area (Å²) in [5, 5.41) is 0. The molecule has 15 heavy (non-hydrogen) atoms. The van der Waals surface area contributed by atoms with Crippen LogP contribution in [0.1, 0.15) is 51.9 Å². The highest BCUT2D eigenvalue weighted by Gasteiger charge is 2.27. The highest BCUT2D eigenvalue weighted by Crippen LogP contribution is 2.24. The molecule has 1 saturated carbocycles. The largest absolute Gasteiger partial charge is 0.377 e. The van der Waals surface area contributed by atoms with E-state index >= 15 is 0 Å². The fourth-order valence-electron chi connectivity index (χ4n) is 2.06. The summed E-state index contributed by atoms with van der Waals surface area (Å²) in [5.41, 5.74) is 0.925. The molecular formula is C13H22O2. The van der Waals surface area contributed by atoms with Crippen molar-refractivity contribution in [3.63, 3.8) is 0 Å². The minimum absolute atomic E-state index is 0.0728. The predicted octanol–water partition coefficient (Wildman–Crippen LogP) is 3.26. The predicted molar refractivity (Wildman–Crippen MR) is 61.9 cm³/mol. The molecular weight excluding hydrogens is 188 g/mol. The molecule has 2 nitrogen and oxygen atoms in total. The van der Waals surface area contributed by atoms with Crippen LogP contribution in [0.5, 0.6) is 0 Å². The smallest absolute Gasteiger partial charge is 0.161 e. The number of allylic oxidation sites excluding steroid dienone is 1. The van der Waals surface area contributed by atoms with E-state index in [4.69, 9.17) is 4.74 Å². The molecule has 86 valence electrons. The summed E-state index contributed by atoms with van der Waals surface area (Å²) in [6.07, 6.45) is 9.76. The van der Waals surface area contributed by atoms with E-state index < -0.39 is 0 Å². The second-order valence-electron chi connectivity index (χ2n) is 4.19. The number of carbonyl (C=O) groups excluding carboxylic acids is 1. The number of Topliss-reactive ketones (excluding diaryl/α,β-unsaturated/α-hetero) is 1. The van der Waals surface area contributed by atoms with Crippen molar-refractivity contribution in [2.24, 2.45) is 0 Å². The van der Waals surface area contributed by atoms with Gasteiger partial charge in [-0.15, -0.1) is 0 Å². The topological polar surface area (TPSA) is 26.3 Å². The van der Waals surface area contributed by atoms with E-state index in [1.165, 1.54) is 25.7 Å². The summed E-state index contributed by atoms with van der Waals surface area (Å²) in [7, 11) is 1.69. The van der Waals surface area contributed by atoms with Crippen LogP contribution in [0.25, 0.3) is 0 Å². The molecule has 2 heteroatoms. The van der Waals surface area contributed by atoms with E-state index in [-0.39, 0.29) is 11.9 Å². The van der Waals surface area contributed by atoms with Crippen LogP contribution in [0.2, 0.25) is 0 Å². The molecule has 0 aliphatic heterocycles. The van der Waals surface area contributed by atoms with E-state index in [0.29, 0.717) is 6.42 Å². The molecule has 1 unspecified atom stereocenters. The molecule has 0 aromatic rings. The second kappa shape index (κ2) is 6.78. The van der Waals surface area contributed by atoms with Gasteiger partial charge >= 0.3 is 0 Å². The van der Waals surface area contributed by atoms with Gasteiger partial charge in [-0.1, -0.05) is 32.3 Å². The molecule has 0 spiro atoms. The van der Waals surface area contributed by atoms with Gasteiger partial charge in [-0.25, -0.2) is 0 Å². The quantitative estimate of drug-likeness (QED) is 0.497. The van der Waals surface area contributed by atoms with Gasteiger partial charge in [-0.2, -0.15) is 0 Å². The maximum Gasteiger partial charge on any atom is 0.161 e. The summed E-state index contributed by atoms with van der Waals surface area (Å²) in [5.74, 6) is 0.289. The van der Waals surface area contributed by atoms with Gasteiger partial charge in [0.15, 0.2) is 5.78 Å². The zero-order valence-corrected chi connectivity index (χ0v) is 9.92. The monoisotopic (exact) mass is 210 g/mol. The molecule has 0 saturated heterocycles. The van der Waals surface area contributed by atoms with Crippen LogP contribution < -0.4 is 0 Å². The maximum absolute atomic E-state index is 11.5. The highest BCUT2D eigenvalue weighted by atomic mass is 16.5. The van der Waals surface area contributed by atoms with Gasteiger partial charge in [-0.05, 0) is 19.3 Å². The first kappa shape index (κ1) is 12.4. The number of carbonyl (C=O) groups is 1. The van der Waals surface area contributed by atoms with Crippen molar-refractivity contribution in [2.45, 2.75) is 58.0 Å². The lowest BCUT2D eigenvalue weighted by Crippen LogP contribution is -2.09. The Morgan fingerprint density at radius 3 is 2.87 bits per heavy atom. The number of ether oxygens (including phenoxy) is 1. The zero-order chi connectivity index (χ0) is 11.1. The Hall–Kier alpha value is -0.630. The van der Waals surface area contributed by atoms with Gasteiger partial charge in [0.1, 0.15) is 0 Å². The molecule has 0 aromatic heterocycles. The van der Waals surface area contributed by atoms with Gasteiger partial charge in [0.2, 0.25) is 0 Å². The van der Waals surface area contributed by atoms with Crippen LogP contribution in [0.3, 0.4) is 0 Å². The molecule has 1 rings (SSSR count). The normalized spacial score (nSPS) is 24.0. The molecule has 0 N–H and O–H groups in total. The van der Waals surface area contributed by atoms with E-state index in [1.54, 1.807) is 7.11 Å². The summed E-state index contributed by atoms with van der Waals surface area (Å²) in [6, 6.07) is 0. The number of hydrogen-bond acceptors (Lipinski definition) is 2. The average molecular weight is 210 g/mol. The van der Waals surface area contributed by atoms with Gasteiger partial charge in [0, 0.05) is 19.1 Å². The first-order valence-electron chi connectivity index (χ1n) is 6.05. The first-order valence-corrected chi connectivity index (χ1v) is 6.05. The van der Waals surface area contributed by atoms with Crippen molar-refractivity contribution in [1.82, 2.24) is 0 Å². The number of unbranched alkanes of at least 4 members (excludes halogenated alkanes) is 4. The Labute approximate surface area is 92.7 Å². The zero-order valence-electron chi connectivity index (χ0n) is 9.92. The molecule has 0 aromatic carbocycles. The Morgan fingerprint density at radius 2 is 2.20 bits per heavy atom. The van der Waals surface area contributed by atoms with Crippen molar-refractivity contribution >= 4 is 5.78 Å². The van der Waals surface area contributed by atoms with Crippen molar-refractivity contribution < 1.29 is 9.53 Å². The number of ketones is 1. The van der Waals surface area contributed by atoms with Gasteiger partial charge < -0.3 is 4.74 Å². The second-order valence-corrected chi connectivity index (χ2v) is 4.19. The maximum atomic E-state index is 11.5. The molecule has 0 amide bonds. The summed E-state index contributed by atoms with van der Waals surface area (Å²) in [6.45, 7) is 2.21. The van der Waals surface area contributed by atoms with Gasteiger partial charge in [0.25, 0.3) is 0 Å². The summed E-state index contributed by atoms with van der Waals surface area (Å²) < 4.78 is 5.28. The third-order valence-corrected chi connectivity index (χ3v) is 3.01. The minimum atomic E-state index is 0.0728. The summed E-state index contributed by atoms with van der Waals surface area (Å²) >= 11 is 0. The third kappa shape index (κ3) is 3.78. The fourth-order valence-corrected chi connectivity index (χ4v) is 2.06. The van der Waals surface area contributed by atoms with Gasteiger partial charge in [-0.3, -0.25) is 4.79 Å². The average Bonchev–Trinajstić information content (AvgIpc) is 2.60.